The minimum atomic E-state index is -0.985. The van der Waals surface area contributed by atoms with Crippen molar-refractivity contribution in [2.45, 2.75) is 32.7 Å². The predicted octanol–water partition coefficient (Wildman–Crippen LogP) is 6.49. The lowest BCUT2D eigenvalue weighted by Gasteiger charge is -2.22. The van der Waals surface area contributed by atoms with Crippen molar-refractivity contribution in [1.82, 2.24) is 5.32 Å². The molecular formula is C30H30F2N2O5. The molecule has 3 aromatic carbocycles. The van der Waals surface area contributed by atoms with Gasteiger partial charge in [-0.3, -0.25) is 9.59 Å². The molecule has 0 aliphatic heterocycles. The Hall–Kier alpha value is -4.40. The van der Waals surface area contributed by atoms with Crippen LogP contribution in [-0.4, -0.2) is 36.2 Å². The zero-order valence-corrected chi connectivity index (χ0v) is 21.7. The summed E-state index contributed by atoms with van der Waals surface area (Å²) in [6.07, 6.45) is 0.568. The number of aliphatic carboxylic acids is 1. The summed E-state index contributed by atoms with van der Waals surface area (Å²) in [4.78, 5) is 22.8. The van der Waals surface area contributed by atoms with Crippen molar-refractivity contribution in [3.63, 3.8) is 0 Å². The van der Waals surface area contributed by atoms with E-state index in [-0.39, 0.29) is 48.6 Å². The SMILES string of the molecule is CC(C)C[C@@H](COc1cc(F)c(-c2cc3ccccc3o2)c(F)c1)Nc1ccc(C(=O)NCCC(=O)O)cc1. The Labute approximate surface area is 224 Å². The van der Waals surface area contributed by atoms with E-state index >= 15 is 0 Å². The van der Waals surface area contributed by atoms with Crippen LogP contribution in [0.5, 0.6) is 5.75 Å². The van der Waals surface area contributed by atoms with Gasteiger partial charge in [-0.15, -0.1) is 0 Å². The fourth-order valence-corrected chi connectivity index (χ4v) is 4.25. The van der Waals surface area contributed by atoms with E-state index in [0.717, 1.165) is 29.6 Å². The predicted molar refractivity (Wildman–Crippen MR) is 145 cm³/mol. The number of hydrogen-bond acceptors (Lipinski definition) is 5. The second kappa shape index (κ2) is 12.4. The minimum absolute atomic E-state index is 0.0441. The molecule has 0 aliphatic carbocycles. The highest BCUT2D eigenvalue weighted by Crippen LogP contribution is 2.34. The second-order valence-electron chi connectivity index (χ2n) is 9.67. The zero-order valence-electron chi connectivity index (χ0n) is 21.7. The largest absolute Gasteiger partial charge is 0.491 e. The smallest absolute Gasteiger partial charge is 0.305 e. The first-order chi connectivity index (χ1) is 18.7. The number of benzene rings is 3. The number of rotatable bonds is 12. The number of fused-ring (bicyclic) bond motifs is 1. The van der Waals surface area contributed by atoms with Crippen LogP contribution in [-0.2, 0) is 4.79 Å². The van der Waals surface area contributed by atoms with E-state index in [9.17, 15) is 18.4 Å². The molecule has 9 heteroatoms. The molecule has 204 valence electrons. The maximum absolute atomic E-state index is 15.0. The Balaban J connectivity index is 1.41. The number of nitrogens with one attached hydrogen (secondary N) is 2. The van der Waals surface area contributed by atoms with Gasteiger partial charge in [0.2, 0.25) is 0 Å². The van der Waals surface area contributed by atoms with Gasteiger partial charge in [0.15, 0.2) is 0 Å². The molecule has 0 radical (unpaired) electrons. The van der Waals surface area contributed by atoms with E-state index in [1.165, 1.54) is 0 Å². The second-order valence-corrected chi connectivity index (χ2v) is 9.67. The molecule has 4 rings (SSSR count). The van der Waals surface area contributed by atoms with Gasteiger partial charge in [-0.05, 0) is 48.7 Å². The highest BCUT2D eigenvalue weighted by molar-refractivity contribution is 5.94. The van der Waals surface area contributed by atoms with E-state index in [0.29, 0.717) is 17.1 Å². The third kappa shape index (κ3) is 7.34. The van der Waals surface area contributed by atoms with E-state index in [2.05, 4.69) is 24.5 Å². The summed E-state index contributed by atoms with van der Waals surface area (Å²) in [6, 6.07) is 17.6. The summed E-state index contributed by atoms with van der Waals surface area (Å²) in [5.74, 6) is -2.43. The number of hydrogen-bond donors (Lipinski definition) is 3. The summed E-state index contributed by atoms with van der Waals surface area (Å²) in [5.41, 5.74) is 1.44. The van der Waals surface area contributed by atoms with Gasteiger partial charge < -0.3 is 24.9 Å². The maximum Gasteiger partial charge on any atom is 0.305 e. The lowest BCUT2D eigenvalue weighted by atomic mass is 10.0. The molecule has 0 bridgehead atoms. The van der Waals surface area contributed by atoms with Crippen LogP contribution in [0.4, 0.5) is 14.5 Å². The number of carbonyl (C=O) groups excluding carboxylic acids is 1. The fraction of sp³-hybridized carbons (Fsp3) is 0.267. The van der Waals surface area contributed by atoms with Gasteiger partial charge in [0.05, 0.1) is 18.0 Å². The summed E-state index contributed by atoms with van der Waals surface area (Å²) in [5, 5.41) is 15.4. The molecule has 0 aliphatic rings. The highest BCUT2D eigenvalue weighted by Gasteiger charge is 2.19. The number of ether oxygens (including phenoxy) is 1. The van der Waals surface area contributed by atoms with E-state index in [1.807, 2.05) is 12.1 Å². The molecule has 39 heavy (non-hydrogen) atoms. The lowest BCUT2D eigenvalue weighted by molar-refractivity contribution is -0.136. The molecule has 7 nitrogen and oxygen atoms in total. The molecule has 4 aromatic rings. The van der Waals surface area contributed by atoms with E-state index in [1.54, 1.807) is 42.5 Å². The average Bonchev–Trinajstić information content (AvgIpc) is 3.30. The van der Waals surface area contributed by atoms with Crippen LogP contribution in [0.1, 0.15) is 37.0 Å². The number of carboxylic acid groups (broad SMARTS) is 1. The van der Waals surface area contributed by atoms with Crippen LogP contribution in [0.15, 0.2) is 71.1 Å². The molecule has 0 fully saturated rings. The van der Waals surface area contributed by atoms with Crippen LogP contribution in [0, 0.1) is 17.6 Å². The molecule has 3 N–H and O–H groups in total. The zero-order chi connectivity index (χ0) is 27.9. The normalized spacial score (nSPS) is 11.9. The third-order valence-electron chi connectivity index (χ3n) is 6.04. The minimum Gasteiger partial charge on any atom is -0.491 e. The Morgan fingerprint density at radius 1 is 1.00 bits per heavy atom. The van der Waals surface area contributed by atoms with Crippen LogP contribution in [0.2, 0.25) is 0 Å². The number of carbonyl (C=O) groups is 2. The van der Waals surface area contributed by atoms with Crippen molar-refractivity contribution < 1.29 is 32.6 Å². The van der Waals surface area contributed by atoms with E-state index in [4.69, 9.17) is 14.3 Å². The first-order valence-electron chi connectivity index (χ1n) is 12.7. The van der Waals surface area contributed by atoms with Gasteiger partial charge in [-0.1, -0.05) is 32.0 Å². The summed E-state index contributed by atoms with van der Waals surface area (Å²) < 4.78 is 41.4. The molecule has 0 unspecified atom stereocenters. The van der Waals surface area contributed by atoms with Gasteiger partial charge in [0, 0.05) is 35.3 Å². The number of amides is 1. The monoisotopic (exact) mass is 536 g/mol. The highest BCUT2D eigenvalue weighted by atomic mass is 19.1. The molecule has 0 saturated heterocycles. The third-order valence-corrected chi connectivity index (χ3v) is 6.04. The van der Waals surface area contributed by atoms with Gasteiger partial charge in [-0.25, -0.2) is 8.78 Å². The van der Waals surface area contributed by atoms with Crippen molar-refractivity contribution in [3.8, 4) is 17.1 Å². The number of para-hydroxylation sites is 1. The fourth-order valence-electron chi connectivity index (χ4n) is 4.25. The van der Waals surface area contributed by atoms with Gasteiger partial charge in [-0.2, -0.15) is 0 Å². The molecule has 0 saturated carbocycles. The van der Waals surface area contributed by atoms with E-state index < -0.39 is 17.6 Å². The Morgan fingerprint density at radius 2 is 1.69 bits per heavy atom. The summed E-state index contributed by atoms with van der Waals surface area (Å²) >= 11 is 0. The molecular weight excluding hydrogens is 506 g/mol. The Kier molecular flexibility index (Phi) is 8.81. The molecule has 0 spiro atoms. The standard InChI is InChI=1S/C30H30F2N2O5/c1-18(2)13-22(34-21-9-7-19(8-10-21)30(37)33-12-11-28(35)36)17-38-23-15-24(31)29(25(32)16-23)27-14-20-5-3-4-6-26(20)39-27/h3-10,14-16,18,22,34H,11-13,17H2,1-2H3,(H,33,37)(H,35,36)/t22-/m0/s1. The summed E-state index contributed by atoms with van der Waals surface area (Å²) in [6.45, 7) is 4.31. The van der Waals surface area contributed by atoms with Crippen molar-refractivity contribution in [1.29, 1.82) is 0 Å². The number of anilines is 1. The van der Waals surface area contributed by atoms with Crippen LogP contribution < -0.4 is 15.4 Å². The molecule has 1 aromatic heterocycles. The van der Waals surface area contributed by atoms with Crippen LogP contribution >= 0.6 is 0 Å². The first kappa shape index (κ1) is 27.6. The molecule has 1 heterocycles. The van der Waals surface area contributed by atoms with Crippen LogP contribution in [0.3, 0.4) is 0 Å². The van der Waals surface area contributed by atoms with Crippen molar-refractivity contribution in [2.24, 2.45) is 5.92 Å². The number of carboxylic acids is 1. The lowest BCUT2D eigenvalue weighted by Crippen LogP contribution is -2.29. The van der Waals surface area contributed by atoms with Crippen LogP contribution in [0.25, 0.3) is 22.3 Å². The number of furan rings is 1. The Morgan fingerprint density at radius 3 is 2.33 bits per heavy atom. The van der Waals surface area contributed by atoms with Crippen molar-refractivity contribution in [2.75, 3.05) is 18.5 Å². The summed E-state index contributed by atoms with van der Waals surface area (Å²) in [7, 11) is 0. The van der Waals surface area contributed by atoms with Crippen molar-refractivity contribution in [3.05, 3.63) is 83.9 Å². The number of halogens is 2. The topological polar surface area (TPSA) is 101 Å². The molecule has 1 amide bonds. The quantitative estimate of drug-likeness (QED) is 0.191. The first-order valence-corrected chi connectivity index (χ1v) is 12.7. The average molecular weight is 537 g/mol. The van der Waals surface area contributed by atoms with Gasteiger partial charge in [0.25, 0.3) is 5.91 Å². The van der Waals surface area contributed by atoms with Gasteiger partial charge >= 0.3 is 5.97 Å². The molecule has 1 atom stereocenters. The maximum atomic E-state index is 15.0. The van der Waals surface area contributed by atoms with Gasteiger partial charge in [0.1, 0.15) is 35.3 Å². The van der Waals surface area contributed by atoms with Crippen molar-refractivity contribution >= 4 is 28.5 Å². The Bertz CT molecular complexity index is 1390.